The summed E-state index contributed by atoms with van der Waals surface area (Å²) in [4.78, 5) is 21.4. The van der Waals surface area contributed by atoms with E-state index in [0.717, 1.165) is 0 Å². The van der Waals surface area contributed by atoms with Crippen LogP contribution in [0.4, 0.5) is 0 Å². The van der Waals surface area contributed by atoms with Crippen LogP contribution in [0.1, 0.15) is 20.3 Å². The van der Waals surface area contributed by atoms with E-state index in [9.17, 15) is 14.7 Å². The fourth-order valence-electron chi connectivity index (χ4n) is 0.831. The zero-order valence-corrected chi connectivity index (χ0v) is 11.0. The predicted octanol–water partition coefficient (Wildman–Crippen LogP) is -2.20. The summed E-state index contributed by atoms with van der Waals surface area (Å²) in [6.07, 6.45) is -1.55. The van der Waals surface area contributed by atoms with Crippen LogP contribution in [0.2, 0.25) is 0 Å². The molecular weight excluding hydrogens is 256 g/mol. The number of aliphatic hydroxyl groups is 2. The van der Waals surface area contributed by atoms with E-state index in [1.807, 2.05) is 0 Å². The predicted molar refractivity (Wildman–Crippen MR) is 68.2 cm³/mol. The number of nitrogens with two attached hydrogens (primary N) is 2. The maximum Gasteiger partial charge on any atom is 0.305 e. The van der Waals surface area contributed by atoms with E-state index in [0.29, 0.717) is 0 Å². The highest BCUT2D eigenvalue weighted by atomic mass is 16.4. The molecular formula is C10H22N4O5. The summed E-state index contributed by atoms with van der Waals surface area (Å²) in [7, 11) is 0. The number of rotatable bonds is 6. The Kier molecular flexibility index (Phi) is 9.34. The second-order valence-corrected chi connectivity index (χ2v) is 4.44. The van der Waals surface area contributed by atoms with E-state index < -0.39 is 23.4 Å². The first kappa shape index (κ1) is 19.5. The average molecular weight is 278 g/mol. The fourth-order valence-corrected chi connectivity index (χ4v) is 0.831. The summed E-state index contributed by atoms with van der Waals surface area (Å²) in [5.41, 5.74) is 8.01. The minimum atomic E-state index is -1.35. The van der Waals surface area contributed by atoms with E-state index in [1.165, 1.54) is 13.8 Å². The number of amides is 1. The second-order valence-electron chi connectivity index (χ2n) is 4.44. The van der Waals surface area contributed by atoms with Crippen LogP contribution < -0.4 is 16.8 Å². The highest BCUT2D eigenvalue weighted by Crippen LogP contribution is 2.19. The molecule has 0 saturated carbocycles. The Morgan fingerprint density at radius 3 is 2.11 bits per heavy atom. The van der Waals surface area contributed by atoms with Gasteiger partial charge in [-0.3, -0.25) is 15.0 Å². The summed E-state index contributed by atoms with van der Waals surface area (Å²) in [5.74, 6) is -2.03. The standard InChI is InChI=1S/C9H17NO5.CH5N3/c1-9(2,5-11)7(14)8(15)10-4-3-6(12)13;2-1(3)4/h7,11,14H,3-5H2,1-2H3,(H,10,15)(H,12,13);(H5,2,3,4). The van der Waals surface area contributed by atoms with Crippen LogP contribution >= 0.6 is 0 Å². The quantitative estimate of drug-likeness (QED) is 0.212. The van der Waals surface area contributed by atoms with Crippen molar-refractivity contribution in [1.82, 2.24) is 5.32 Å². The molecule has 1 atom stereocenters. The molecule has 0 aliphatic heterocycles. The Morgan fingerprint density at radius 2 is 1.79 bits per heavy atom. The molecule has 0 rings (SSSR count). The van der Waals surface area contributed by atoms with Gasteiger partial charge in [0, 0.05) is 12.0 Å². The van der Waals surface area contributed by atoms with Gasteiger partial charge in [-0.05, 0) is 0 Å². The summed E-state index contributed by atoms with van der Waals surface area (Å²) in [6, 6.07) is 0. The highest BCUT2D eigenvalue weighted by Gasteiger charge is 2.32. The van der Waals surface area contributed by atoms with Crippen molar-refractivity contribution in [3.8, 4) is 0 Å². The number of carbonyl (C=O) groups is 2. The van der Waals surface area contributed by atoms with Gasteiger partial charge in [-0.15, -0.1) is 0 Å². The molecule has 0 spiro atoms. The van der Waals surface area contributed by atoms with E-state index in [4.69, 9.17) is 15.6 Å². The molecule has 19 heavy (non-hydrogen) atoms. The fraction of sp³-hybridized carbons (Fsp3) is 0.700. The average Bonchev–Trinajstić information content (AvgIpc) is 2.26. The molecule has 0 saturated heterocycles. The maximum atomic E-state index is 11.3. The molecule has 9 heteroatoms. The number of guanidine groups is 1. The van der Waals surface area contributed by atoms with Crippen molar-refractivity contribution in [1.29, 1.82) is 5.41 Å². The third-order valence-corrected chi connectivity index (χ3v) is 2.03. The van der Waals surface area contributed by atoms with Crippen LogP contribution in [-0.4, -0.2) is 52.4 Å². The van der Waals surface area contributed by atoms with Gasteiger partial charge in [0.1, 0.15) is 6.10 Å². The van der Waals surface area contributed by atoms with Crippen LogP contribution in [0.3, 0.4) is 0 Å². The van der Waals surface area contributed by atoms with Crippen molar-refractivity contribution in [3.63, 3.8) is 0 Å². The van der Waals surface area contributed by atoms with Crippen LogP contribution in [0.15, 0.2) is 0 Å². The van der Waals surface area contributed by atoms with Gasteiger partial charge >= 0.3 is 5.97 Å². The first-order valence-corrected chi connectivity index (χ1v) is 5.42. The third kappa shape index (κ3) is 11.0. The van der Waals surface area contributed by atoms with Crippen LogP contribution in [0, 0.1) is 10.8 Å². The number of hydrogen-bond acceptors (Lipinski definition) is 5. The van der Waals surface area contributed by atoms with Gasteiger partial charge in [0.15, 0.2) is 5.96 Å². The van der Waals surface area contributed by atoms with Gasteiger partial charge in [-0.25, -0.2) is 0 Å². The van der Waals surface area contributed by atoms with Gasteiger partial charge in [0.05, 0.1) is 13.0 Å². The molecule has 0 aromatic carbocycles. The Hall–Kier alpha value is -1.87. The van der Waals surface area contributed by atoms with E-state index in [1.54, 1.807) is 0 Å². The number of carbonyl (C=O) groups excluding carboxylic acids is 1. The smallest absolute Gasteiger partial charge is 0.305 e. The lowest BCUT2D eigenvalue weighted by atomic mass is 9.87. The first-order chi connectivity index (χ1) is 8.54. The molecule has 1 amide bonds. The first-order valence-electron chi connectivity index (χ1n) is 5.42. The van der Waals surface area contributed by atoms with E-state index in [-0.39, 0.29) is 25.5 Å². The van der Waals surface area contributed by atoms with Gasteiger partial charge in [-0.2, -0.15) is 0 Å². The largest absolute Gasteiger partial charge is 0.481 e. The highest BCUT2D eigenvalue weighted by molar-refractivity contribution is 5.81. The Balaban J connectivity index is 0. The normalized spacial score (nSPS) is 11.8. The Morgan fingerprint density at radius 1 is 1.37 bits per heavy atom. The third-order valence-electron chi connectivity index (χ3n) is 2.03. The Labute approximate surface area is 111 Å². The summed E-state index contributed by atoms with van der Waals surface area (Å²) in [6.45, 7) is 2.70. The molecule has 0 fully saturated rings. The molecule has 0 radical (unpaired) electrons. The second kappa shape index (κ2) is 9.11. The van der Waals surface area contributed by atoms with Crippen LogP contribution in [0.25, 0.3) is 0 Å². The maximum absolute atomic E-state index is 11.3. The number of nitrogens with one attached hydrogen (secondary N) is 2. The molecule has 0 heterocycles. The van der Waals surface area contributed by atoms with Gasteiger partial charge in [0.2, 0.25) is 5.91 Å². The number of carboxylic acids is 1. The van der Waals surface area contributed by atoms with Crippen LogP contribution in [0.5, 0.6) is 0 Å². The SMILES string of the molecule is CC(C)(CO)C(O)C(=O)NCCC(=O)O.N=C(N)N. The molecule has 112 valence electrons. The summed E-state index contributed by atoms with van der Waals surface area (Å²) >= 11 is 0. The lowest BCUT2D eigenvalue weighted by Gasteiger charge is -2.26. The van der Waals surface area contributed by atoms with Crippen LogP contribution in [-0.2, 0) is 9.59 Å². The molecule has 9 nitrogen and oxygen atoms in total. The van der Waals surface area contributed by atoms with Gasteiger partial charge in [0.25, 0.3) is 0 Å². The zero-order valence-electron chi connectivity index (χ0n) is 11.0. The van der Waals surface area contributed by atoms with Crippen molar-refractivity contribution < 1.29 is 24.9 Å². The van der Waals surface area contributed by atoms with Crippen molar-refractivity contribution in [2.24, 2.45) is 16.9 Å². The monoisotopic (exact) mass is 278 g/mol. The summed E-state index contributed by atoms with van der Waals surface area (Å²) in [5, 5.41) is 35.0. The molecule has 0 aliphatic rings. The zero-order chi connectivity index (χ0) is 15.6. The van der Waals surface area contributed by atoms with Crippen molar-refractivity contribution in [2.45, 2.75) is 26.4 Å². The van der Waals surface area contributed by atoms with E-state index >= 15 is 0 Å². The lowest BCUT2D eigenvalue weighted by molar-refractivity contribution is -0.138. The van der Waals surface area contributed by atoms with Crippen molar-refractivity contribution in [2.75, 3.05) is 13.2 Å². The number of aliphatic hydroxyl groups excluding tert-OH is 2. The molecule has 0 aromatic rings. The molecule has 1 unspecified atom stereocenters. The molecule has 0 aromatic heterocycles. The molecule has 0 bridgehead atoms. The topological polar surface area (TPSA) is 183 Å². The van der Waals surface area contributed by atoms with Crippen molar-refractivity contribution in [3.05, 3.63) is 0 Å². The lowest BCUT2D eigenvalue weighted by Crippen LogP contribution is -2.45. The van der Waals surface area contributed by atoms with E-state index in [2.05, 4.69) is 16.8 Å². The van der Waals surface area contributed by atoms with Gasteiger partial charge < -0.3 is 32.1 Å². The molecule has 0 aliphatic carbocycles. The van der Waals surface area contributed by atoms with Gasteiger partial charge in [-0.1, -0.05) is 13.8 Å². The minimum Gasteiger partial charge on any atom is -0.481 e. The number of aliphatic carboxylic acids is 1. The Bertz CT molecular complexity index is 315. The van der Waals surface area contributed by atoms with Crippen molar-refractivity contribution >= 4 is 17.8 Å². The number of hydrogen-bond donors (Lipinski definition) is 7. The minimum absolute atomic E-state index is 0.0350. The number of carboxylic acid groups (broad SMARTS) is 1. The summed E-state index contributed by atoms with van der Waals surface area (Å²) < 4.78 is 0. The molecule has 9 N–H and O–H groups in total.